The van der Waals surface area contributed by atoms with E-state index >= 15 is 0 Å². The van der Waals surface area contributed by atoms with Crippen molar-refractivity contribution in [3.8, 4) is 0 Å². The highest BCUT2D eigenvalue weighted by atomic mass is 16.2. The molecule has 20 heavy (non-hydrogen) atoms. The average molecular weight is 275 g/mol. The summed E-state index contributed by atoms with van der Waals surface area (Å²) in [6, 6.07) is 9.39. The number of amides is 2. The van der Waals surface area contributed by atoms with Crippen molar-refractivity contribution in [1.82, 2.24) is 15.5 Å². The van der Waals surface area contributed by atoms with Crippen molar-refractivity contribution in [1.29, 1.82) is 0 Å². The second-order valence-corrected chi connectivity index (χ2v) is 4.71. The van der Waals surface area contributed by atoms with Gasteiger partial charge in [-0.05, 0) is 25.7 Å². The Morgan fingerprint density at radius 3 is 2.40 bits per heavy atom. The molecule has 5 nitrogen and oxygen atoms in total. The van der Waals surface area contributed by atoms with Crippen molar-refractivity contribution >= 4 is 17.9 Å². The molecule has 0 spiro atoms. The van der Waals surface area contributed by atoms with E-state index in [-0.39, 0.29) is 17.5 Å². The summed E-state index contributed by atoms with van der Waals surface area (Å²) in [6.45, 7) is 2.65. The second kappa shape index (κ2) is 8.12. The number of carbonyl (C=O) groups excluding carboxylic acids is 2. The lowest BCUT2D eigenvalue weighted by Crippen LogP contribution is -2.37. The zero-order valence-corrected chi connectivity index (χ0v) is 12.1. The predicted octanol–water partition coefficient (Wildman–Crippen LogP) is 0.841. The number of likely N-dealkylation sites (N-methyl/N-ethyl adjacent to an activating group) is 1. The fourth-order valence-electron chi connectivity index (χ4n) is 1.55. The summed E-state index contributed by atoms with van der Waals surface area (Å²) in [5.74, 6) is -0.555. The third-order valence-electron chi connectivity index (χ3n) is 2.51. The van der Waals surface area contributed by atoms with Crippen LogP contribution < -0.4 is 10.6 Å². The smallest absolute Gasteiger partial charge is 0.267 e. The van der Waals surface area contributed by atoms with Gasteiger partial charge in [0.25, 0.3) is 5.91 Å². The van der Waals surface area contributed by atoms with E-state index in [2.05, 4.69) is 10.6 Å². The van der Waals surface area contributed by atoms with Crippen LogP contribution in [0.1, 0.15) is 12.5 Å². The number of nitrogens with zero attached hydrogens (tertiary/aromatic N) is 1. The maximum absolute atomic E-state index is 12.1. The minimum atomic E-state index is -0.286. The second-order valence-electron chi connectivity index (χ2n) is 4.71. The number of hydrogen-bond donors (Lipinski definition) is 2. The predicted molar refractivity (Wildman–Crippen MR) is 79.8 cm³/mol. The van der Waals surface area contributed by atoms with Crippen LogP contribution in [0.3, 0.4) is 0 Å². The fourth-order valence-corrected chi connectivity index (χ4v) is 1.55. The lowest BCUT2D eigenvalue weighted by Gasteiger charge is -2.12. The van der Waals surface area contributed by atoms with E-state index < -0.39 is 0 Å². The van der Waals surface area contributed by atoms with E-state index in [1.165, 1.54) is 6.92 Å². The molecule has 0 unspecified atom stereocenters. The Balaban J connectivity index is 2.76. The molecule has 0 aliphatic heterocycles. The molecule has 0 heterocycles. The standard InChI is InChI=1S/C15H21N3O2/c1-12(19)17-14(11-13-7-5-4-6-8-13)15(20)16-9-10-18(2)3/h4-8,11H,9-10H2,1-3H3,(H,16,20)(H,17,19)/b14-11-. The van der Waals surface area contributed by atoms with Crippen LogP contribution in [0.15, 0.2) is 36.0 Å². The SMILES string of the molecule is CC(=O)N/C(=C\c1ccccc1)C(=O)NCCN(C)C. The van der Waals surface area contributed by atoms with Gasteiger partial charge in [-0.25, -0.2) is 0 Å². The number of carbonyl (C=O) groups is 2. The molecule has 0 saturated carbocycles. The average Bonchev–Trinajstić information content (AvgIpc) is 2.38. The fraction of sp³-hybridized carbons (Fsp3) is 0.333. The normalized spacial score (nSPS) is 11.3. The molecule has 0 aromatic heterocycles. The first-order chi connectivity index (χ1) is 9.49. The molecule has 5 heteroatoms. The first kappa shape index (κ1) is 15.9. The Hall–Kier alpha value is -2.14. The van der Waals surface area contributed by atoms with Crippen LogP contribution in [0.4, 0.5) is 0 Å². The molecule has 0 saturated heterocycles. The van der Waals surface area contributed by atoms with Crippen LogP contribution in [0, 0.1) is 0 Å². The maximum Gasteiger partial charge on any atom is 0.267 e. The molecule has 0 atom stereocenters. The summed E-state index contributed by atoms with van der Waals surface area (Å²) < 4.78 is 0. The Morgan fingerprint density at radius 1 is 1.20 bits per heavy atom. The van der Waals surface area contributed by atoms with Gasteiger partial charge < -0.3 is 15.5 Å². The molecule has 0 radical (unpaired) electrons. The van der Waals surface area contributed by atoms with E-state index in [0.717, 1.165) is 12.1 Å². The van der Waals surface area contributed by atoms with Crippen molar-refractivity contribution < 1.29 is 9.59 Å². The highest BCUT2D eigenvalue weighted by Gasteiger charge is 2.10. The topological polar surface area (TPSA) is 61.4 Å². The molecule has 1 aromatic carbocycles. The van der Waals surface area contributed by atoms with E-state index in [1.807, 2.05) is 49.3 Å². The Bertz CT molecular complexity index is 481. The summed E-state index contributed by atoms with van der Waals surface area (Å²) in [7, 11) is 3.86. The summed E-state index contributed by atoms with van der Waals surface area (Å²) in [5, 5.41) is 5.34. The lowest BCUT2D eigenvalue weighted by atomic mass is 10.2. The van der Waals surface area contributed by atoms with E-state index in [9.17, 15) is 9.59 Å². The van der Waals surface area contributed by atoms with Crippen molar-refractivity contribution in [3.05, 3.63) is 41.6 Å². The number of hydrogen-bond acceptors (Lipinski definition) is 3. The van der Waals surface area contributed by atoms with Gasteiger partial charge in [0.15, 0.2) is 0 Å². The summed E-state index contributed by atoms with van der Waals surface area (Å²) in [5.41, 5.74) is 1.11. The zero-order chi connectivity index (χ0) is 15.0. The van der Waals surface area contributed by atoms with Gasteiger partial charge in [0, 0.05) is 20.0 Å². The van der Waals surface area contributed by atoms with Crippen LogP contribution in [-0.2, 0) is 9.59 Å². The highest BCUT2D eigenvalue weighted by Crippen LogP contribution is 2.05. The van der Waals surface area contributed by atoms with Crippen molar-refractivity contribution in [2.24, 2.45) is 0 Å². The third kappa shape index (κ3) is 6.15. The Morgan fingerprint density at radius 2 is 1.85 bits per heavy atom. The van der Waals surface area contributed by atoms with E-state index in [1.54, 1.807) is 6.08 Å². The van der Waals surface area contributed by atoms with Gasteiger partial charge in [-0.2, -0.15) is 0 Å². The largest absolute Gasteiger partial charge is 0.349 e. The van der Waals surface area contributed by atoms with E-state index in [0.29, 0.717) is 6.54 Å². The van der Waals surface area contributed by atoms with Crippen molar-refractivity contribution in [2.75, 3.05) is 27.2 Å². The molecule has 2 N–H and O–H groups in total. The Kier molecular flexibility index (Phi) is 6.46. The lowest BCUT2D eigenvalue weighted by molar-refractivity contribution is -0.122. The molecule has 0 aliphatic carbocycles. The summed E-state index contributed by atoms with van der Waals surface area (Å²) >= 11 is 0. The van der Waals surface area contributed by atoms with E-state index in [4.69, 9.17) is 0 Å². The maximum atomic E-state index is 12.1. The molecule has 0 fully saturated rings. The molecular weight excluding hydrogens is 254 g/mol. The van der Waals surface area contributed by atoms with Crippen LogP contribution in [-0.4, -0.2) is 43.9 Å². The van der Waals surface area contributed by atoms with Gasteiger partial charge in [-0.15, -0.1) is 0 Å². The highest BCUT2D eigenvalue weighted by molar-refractivity contribution is 6.00. The van der Waals surface area contributed by atoms with Crippen LogP contribution in [0.2, 0.25) is 0 Å². The van der Waals surface area contributed by atoms with Gasteiger partial charge in [0.05, 0.1) is 0 Å². The van der Waals surface area contributed by atoms with Crippen LogP contribution >= 0.6 is 0 Å². The third-order valence-corrected chi connectivity index (χ3v) is 2.51. The van der Waals surface area contributed by atoms with Gasteiger partial charge in [-0.1, -0.05) is 30.3 Å². The number of nitrogens with one attached hydrogen (secondary N) is 2. The quantitative estimate of drug-likeness (QED) is 0.756. The first-order valence-electron chi connectivity index (χ1n) is 6.46. The van der Waals surface area contributed by atoms with Crippen LogP contribution in [0.25, 0.3) is 6.08 Å². The van der Waals surface area contributed by atoms with Crippen LogP contribution in [0.5, 0.6) is 0 Å². The summed E-state index contributed by atoms with van der Waals surface area (Å²) in [6.07, 6.45) is 1.66. The first-order valence-corrected chi connectivity index (χ1v) is 6.46. The minimum Gasteiger partial charge on any atom is -0.349 e. The summed E-state index contributed by atoms with van der Waals surface area (Å²) in [4.78, 5) is 25.2. The van der Waals surface area contributed by atoms with Gasteiger partial charge >= 0.3 is 0 Å². The zero-order valence-electron chi connectivity index (χ0n) is 12.1. The van der Waals surface area contributed by atoms with Gasteiger partial charge in [0.2, 0.25) is 5.91 Å². The van der Waals surface area contributed by atoms with Crippen molar-refractivity contribution in [2.45, 2.75) is 6.92 Å². The molecule has 1 aromatic rings. The number of rotatable bonds is 6. The van der Waals surface area contributed by atoms with Gasteiger partial charge in [0.1, 0.15) is 5.70 Å². The Labute approximate surface area is 119 Å². The molecule has 108 valence electrons. The monoisotopic (exact) mass is 275 g/mol. The van der Waals surface area contributed by atoms with Crippen molar-refractivity contribution in [3.63, 3.8) is 0 Å². The molecule has 1 rings (SSSR count). The molecule has 2 amide bonds. The minimum absolute atomic E-state index is 0.252. The molecule has 0 aliphatic rings. The van der Waals surface area contributed by atoms with Gasteiger partial charge in [-0.3, -0.25) is 9.59 Å². The molecular formula is C15H21N3O2. The number of benzene rings is 1. The molecule has 0 bridgehead atoms.